The highest BCUT2D eigenvalue weighted by Crippen LogP contribution is 2.06. The van der Waals surface area contributed by atoms with Crippen molar-refractivity contribution in [1.82, 2.24) is 20.4 Å². The van der Waals surface area contributed by atoms with E-state index in [1.807, 2.05) is 40.1 Å². The van der Waals surface area contributed by atoms with Crippen LogP contribution in [0.25, 0.3) is 0 Å². The highest BCUT2D eigenvalue weighted by Gasteiger charge is 2.21. The van der Waals surface area contributed by atoms with Crippen molar-refractivity contribution in [3.05, 3.63) is 18.0 Å². The van der Waals surface area contributed by atoms with Gasteiger partial charge in [-0.2, -0.15) is 5.10 Å². The molecule has 1 unspecified atom stereocenters. The van der Waals surface area contributed by atoms with Crippen molar-refractivity contribution in [2.45, 2.75) is 52.1 Å². The van der Waals surface area contributed by atoms with Gasteiger partial charge in [-0.3, -0.25) is 9.48 Å². The molecule has 0 aliphatic heterocycles. The lowest BCUT2D eigenvalue weighted by Crippen LogP contribution is -2.50. The third kappa shape index (κ3) is 5.42. The predicted molar refractivity (Wildman–Crippen MR) is 76.9 cm³/mol. The highest BCUT2D eigenvalue weighted by atomic mass is 16.2. The average molecular weight is 266 g/mol. The van der Waals surface area contributed by atoms with Crippen LogP contribution in [0.5, 0.6) is 0 Å². The summed E-state index contributed by atoms with van der Waals surface area (Å²) in [5, 5.41) is 10.6. The van der Waals surface area contributed by atoms with E-state index >= 15 is 0 Å². The molecule has 1 heterocycles. The molecular formula is C14H26N4O. The number of carbonyl (C=O) groups is 1. The van der Waals surface area contributed by atoms with Crippen LogP contribution in [0.2, 0.25) is 0 Å². The van der Waals surface area contributed by atoms with E-state index in [1.165, 1.54) is 0 Å². The van der Waals surface area contributed by atoms with Gasteiger partial charge in [-0.05, 0) is 33.3 Å². The van der Waals surface area contributed by atoms with E-state index in [4.69, 9.17) is 0 Å². The topological polar surface area (TPSA) is 59.0 Å². The normalized spacial score (nSPS) is 13.3. The second-order valence-corrected chi connectivity index (χ2v) is 5.63. The summed E-state index contributed by atoms with van der Waals surface area (Å²) in [5.74, 6) is 0.0490. The van der Waals surface area contributed by atoms with Gasteiger partial charge in [0.1, 0.15) is 0 Å². The van der Waals surface area contributed by atoms with Crippen LogP contribution in [0.3, 0.4) is 0 Å². The van der Waals surface area contributed by atoms with E-state index in [1.54, 1.807) is 4.68 Å². The molecule has 1 amide bonds. The first-order valence-corrected chi connectivity index (χ1v) is 6.88. The van der Waals surface area contributed by atoms with Crippen molar-refractivity contribution < 1.29 is 4.79 Å². The average Bonchev–Trinajstić information content (AvgIpc) is 2.74. The molecule has 0 aliphatic carbocycles. The van der Waals surface area contributed by atoms with Crippen molar-refractivity contribution in [3.63, 3.8) is 0 Å². The largest absolute Gasteiger partial charge is 0.350 e. The minimum Gasteiger partial charge on any atom is -0.350 e. The Hall–Kier alpha value is -1.36. The molecule has 2 N–H and O–H groups in total. The molecule has 0 fully saturated rings. The van der Waals surface area contributed by atoms with Gasteiger partial charge in [0.2, 0.25) is 5.91 Å². The van der Waals surface area contributed by atoms with Gasteiger partial charge in [0.15, 0.2) is 0 Å². The molecule has 5 nitrogen and oxygen atoms in total. The fourth-order valence-electron chi connectivity index (χ4n) is 1.64. The molecule has 0 aliphatic rings. The number of carbonyl (C=O) groups excluding carboxylic acids is 1. The number of aryl methyl sites for hydroxylation is 1. The lowest BCUT2D eigenvalue weighted by Gasteiger charge is -2.26. The Kier molecular flexibility index (Phi) is 5.54. The Balaban J connectivity index is 2.30. The third-order valence-electron chi connectivity index (χ3n) is 3.34. The molecule has 0 saturated heterocycles. The maximum absolute atomic E-state index is 12.0. The SMILES string of the molecule is CCC(C)(C)NC(=O)C(C)NCCc1ccn(C)n1. The summed E-state index contributed by atoms with van der Waals surface area (Å²) in [7, 11) is 1.90. The van der Waals surface area contributed by atoms with E-state index in [9.17, 15) is 4.79 Å². The summed E-state index contributed by atoms with van der Waals surface area (Å²) in [6, 6.07) is 1.81. The van der Waals surface area contributed by atoms with Crippen LogP contribution in [0, 0.1) is 0 Å². The van der Waals surface area contributed by atoms with E-state index in [0.29, 0.717) is 0 Å². The van der Waals surface area contributed by atoms with Gasteiger partial charge >= 0.3 is 0 Å². The molecule has 1 aromatic rings. The molecule has 0 bridgehead atoms. The number of nitrogens with zero attached hydrogens (tertiary/aromatic N) is 2. The van der Waals surface area contributed by atoms with Gasteiger partial charge < -0.3 is 10.6 Å². The number of rotatable bonds is 7. The summed E-state index contributed by atoms with van der Waals surface area (Å²) in [6.45, 7) is 8.77. The van der Waals surface area contributed by atoms with Crippen LogP contribution < -0.4 is 10.6 Å². The van der Waals surface area contributed by atoms with E-state index in [-0.39, 0.29) is 17.5 Å². The van der Waals surface area contributed by atoms with E-state index in [0.717, 1.165) is 25.1 Å². The summed E-state index contributed by atoms with van der Waals surface area (Å²) >= 11 is 0. The Morgan fingerprint density at radius 1 is 1.53 bits per heavy atom. The molecule has 0 aromatic carbocycles. The van der Waals surface area contributed by atoms with Gasteiger partial charge in [-0.25, -0.2) is 0 Å². The number of hydrogen-bond acceptors (Lipinski definition) is 3. The predicted octanol–water partition coefficient (Wildman–Crippen LogP) is 1.25. The maximum Gasteiger partial charge on any atom is 0.237 e. The number of hydrogen-bond donors (Lipinski definition) is 2. The zero-order valence-electron chi connectivity index (χ0n) is 12.7. The summed E-state index contributed by atoms with van der Waals surface area (Å²) in [5.41, 5.74) is 0.894. The first-order valence-electron chi connectivity index (χ1n) is 6.88. The molecule has 0 radical (unpaired) electrons. The van der Waals surface area contributed by atoms with Gasteiger partial charge in [0, 0.05) is 31.7 Å². The van der Waals surface area contributed by atoms with Gasteiger partial charge in [-0.15, -0.1) is 0 Å². The highest BCUT2D eigenvalue weighted by molar-refractivity contribution is 5.81. The van der Waals surface area contributed by atoms with Crippen LogP contribution in [0.1, 0.15) is 39.8 Å². The van der Waals surface area contributed by atoms with Crippen LogP contribution in [0.15, 0.2) is 12.3 Å². The Morgan fingerprint density at radius 2 is 2.21 bits per heavy atom. The van der Waals surface area contributed by atoms with Crippen LogP contribution in [0.4, 0.5) is 0 Å². The van der Waals surface area contributed by atoms with Crippen molar-refractivity contribution in [1.29, 1.82) is 0 Å². The first kappa shape index (κ1) is 15.7. The number of nitrogens with one attached hydrogen (secondary N) is 2. The van der Waals surface area contributed by atoms with Gasteiger partial charge in [-0.1, -0.05) is 6.92 Å². The van der Waals surface area contributed by atoms with Crippen molar-refractivity contribution >= 4 is 5.91 Å². The molecule has 0 spiro atoms. The van der Waals surface area contributed by atoms with E-state index < -0.39 is 0 Å². The van der Waals surface area contributed by atoms with Crippen molar-refractivity contribution in [3.8, 4) is 0 Å². The van der Waals surface area contributed by atoms with Crippen LogP contribution >= 0.6 is 0 Å². The molecular weight excluding hydrogens is 240 g/mol. The van der Waals surface area contributed by atoms with Crippen LogP contribution in [-0.4, -0.2) is 33.8 Å². The Bertz CT molecular complexity index is 411. The number of aromatic nitrogens is 2. The molecule has 1 rings (SSSR count). The molecule has 0 saturated carbocycles. The lowest BCUT2D eigenvalue weighted by atomic mass is 10.0. The second kappa shape index (κ2) is 6.70. The zero-order chi connectivity index (χ0) is 14.5. The minimum atomic E-state index is -0.186. The summed E-state index contributed by atoms with van der Waals surface area (Å²) < 4.78 is 1.79. The maximum atomic E-state index is 12.0. The summed E-state index contributed by atoms with van der Waals surface area (Å²) in [4.78, 5) is 12.0. The molecule has 1 atom stereocenters. The fraction of sp³-hybridized carbons (Fsp3) is 0.714. The first-order chi connectivity index (χ1) is 8.84. The van der Waals surface area contributed by atoms with E-state index in [2.05, 4.69) is 22.7 Å². The molecule has 5 heteroatoms. The monoisotopic (exact) mass is 266 g/mol. The fourth-order valence-corrected chi connectivity index (χ4v) is 1.64. The zero-order valence-corrected chi connectivity index (χ0v) is 12.7. The third-order valence-corrected chi connectivity index (χ3v) is 3.34. The van der Waals surface area contributed by atoms with Gasteiger partial charge in [0.05, 0.1) is 11.7 Å². The lowest BCUT2D eigenvalue weighted by molar-refractivity contribution is -0.124. The van der Waals surface area contributed by atoms with Crippen molar-refractivity contribution in [2.75, 3.05) is 6.54 Å². The smallest absolute Gasteiger partial charge is 0.237 e. The minimum absolute atomic E-state index is 0.0490. The number of amides is 1. The molecule has 19 heavy (non-hydrogen) atoms. The Morgan fingerprint density at radius 3 is 2.74 bits per heavy atom. The molecule has 1 aromatic heterocycles. The second-order valence-electron chi connectivity index (χ2n) is 5.63. The quantitative estimate of drug-likeness (QED) is 0.781. The summed E-state index contributed by atoms with van der Waals surface area (Å²) in [6.07, 6.45) is 3.67. The van der Waals surface area contributed by atoms with Crippen molar-refractivity contribution in [2.24, 2.45) is 7.05 Å². The molecule has 108 valence electrons. The van der Waals surface area contributed by atoms with Gasteiger partial charge in [0.25, 0.3) is 0 Å². The van der Waals surface area contributed by atoms with Crippen LogP contribution in [-0.2, 0) is 18.3 Å². The standard InChI is InChI=1S/C14H26N4O/c1-6-14(3,4)16-13(19)11(2)15-9-7-12-8-10-18(5)17-12/h8,10-11,15H,6-7,9H2,1-5H3,(H,16,19). The Labute approximate surface area is 115 Å².